The molecule has 0 aliphatic carbocycles. The van der Waals surface area contributed by atoms with Crippen LogP contribution in [0.4, 0.5) is 0 Å². The van der Waals surface area contributed by atoms with Crippen LogP contribution < -0.4 is 33.8 Å². The monoisotopic (exact) mass is 750 g/mol. The second kappa shape index (κ2) is 16.0. The first-order chi connectivity index (χ1) is 23.7. The Labute approximate surface area is 295 Å². The Balaban J connectivity index is 1.49. The topological polar surface area (TPSA) is 124 Å². The van der Waals surface area contributed by atoms with Crippen molar-refractivity contribution in [3.05, 3.63) is 113 Å². The van der Waals surface area contributed by atoms with E-state index < -0.39 is 12.0 Å². The van der Waals surface area contributed by atoms with Crippen LogP contribution in [0, 0.1) is 0 Å². The van der Waals surface area contributed by atoms with Crippen LogP contribution in [0.5, 0.6) is 23.0 Å². The molecule has 0 unspecified atom stereocenters. The lowest BCUT2D eigenvalue weighted by Crippen LogP contribution is -2.39. The van der Waals surface area contributed by atoms with E-state index in [2.05, 4.69) is 20.9 Å². The lowest BCUT2D eigenvalue weighted by molar-refractivity contribution is -0.136. The van der Waals surface area contributed by atoms with Crippen LogP contribution in [-0.2, 0) is 20.9 Å². The number of rotatable bonds is 13. The molecule has 1 atom stereocenters. The number of methoxy groups -OCH3 is 2. The summed E-state index contributed by atoms with van der Waals surface area (Å²) in [6.45, 7) is 6.87. The Bertz CT molecular complexity index is 2070. The highest BCUT2D eigenvalue weighted by molar-refractivity contribution is 9.10. The fourth-order valence-corrected chi connectivity index (χ4v) is 6.75. The number of benzene rings is 3. The maximum atomic E-state index is 14.1. The minimum Gasteiger partial charge on any atom is -0.493 e. The van der Waals surface area contributed by atoms with Gasteiger partial charge in [-0.3, -0.25) is 9.36 Å². The minimum atomic E-state index is -0.816. The van der Waals surface area contributed by atoms with Gasteiger partial charge in [-0.15, -0.1) is 0 Å². The molecule has 0 saturated carbocycles. The quantitative estimate of drug-likeness (QED) is 0.167. The summed E-state index contributed by atoms with van der Waals surface area (Å²) in [6, 6.07) is 15.1. The zero-order valence-corrected chi connectivity index (χ0v) is 30.0. The highest BCUT2D eigenvalue weighted by Crippen LogP contribution is 2.38. The van der Waals surface area contributed by atoms with Crippen LogP contribution in [0.2, 0.25) is 0 Å². The lowest BCUT2D eigenvalue weighted by atomic mass is 9.97. The van der Waals surface area contributed by atoms with Crippen molar-refractivity contribution in [3.63, 3.8) is 0 Å². The van der Waals surface area contributed by atoms with Gasteiger partial charge in [0.1, 0.15) is 6.61 Å². The Hall–Kier alpha value is -4.88. The van der Waals surface area contributed by atoms with Crippen LogP contribution in [0.15, 0.2) is 80.6 Å². The Kier molecular flexibility index (Phi) is 11.6. The molecular formula is C36H35BrN2O9S. The highest BCUT2D eigenvalue weighted by Gasteiger charge is 2.31. The normalized spacial score (nSPS) is 13.9. The van der Waals surface area contributed by atoms with Gasteiger partial charge in [-0.05, 0) is 95.9 Å². The van der Waals surface area contributed by atoms with Crippen LogP contribution >= 0.6 is 27.3 Å². The van der Waals surface area contributed by atoms with Gasteiger partial charge >= 0.3 is 11.9 Å². The Morgan fingerprint density at radius 1 is 0.898 bits per heavy atom. The molecule has 0 spiro atoms. The zero-order chi connectivity index (χ0) is 35.1. The third-order valence-corrected chi connectivity index (χ3v) is 8.99. The molecular weight excluding hydrogens is 716 g/mol. The first-order valence-corrected chi connectivity index (χ1v) is 17.1. The molecule has 5 rings (SSSR count). The van der Waals surface area contributed by atoms with Gasteiger partial charge < -0.3 is 28.4 Å². The van der Waals surface area contributed by atoms with Crippen molar-refractivity contribution in [2.75, 3.05) is 34.0 Å². The van der Waals surface area contributed by atoms with E-state index in [0.29, 0.717) is 73.3 Å². The van der Waals surface area contributed by atoms with Gasteiger partial charge in [-0.1, -0.05) is 29.5 Å². The predicted molar refractivity (Wildman–Crippen MR) is 187 cm³/mol. The van der Waals surface area contributed by atoms with Gasteiger partial charge in [-0.25, -0.2) is 14.6 Å². The van der Waals surface area contributed by atoms with Crippen molar-refractivity contribution in [3.8, 4) is 23.0 Å². The van der Waals surface area contributed by atoms with E-state index in [1.54, 1.807) is 61.5 Å². The van der Waals surface area contributed by atoms with E-state index in [-0.39, 0.29) is 23.7 Å². The summed E-state index contributed by atoms with van der Waals surface area (Å²) < 4.78 is 35.9. The van der Waals surface area contributed by atoms with Crippen LogP contribution in [0.1, 0.15) is 53.9 Å². The molecule has 3 aromatic carbocycles. The summed E-state index contributed by atoms with van der Waals surface area (Å²) in [5.74, 6) is 0.989. The maximum Gasteiger partial charge on any atom is 0.338 e. The lowest BCUT2D eigenvalue weighted by Gasteiger charge is -2.23. The number of nitrogens with zero attached hydrogens (tertiary/aromatic N) is 2. The SMILES string of the molecule is CCOC(=O)c1ccc(COc2c(Br)cc(/C=c3/sc4n(c3=O)[C@H](c3ccc(OCC)c(OCC)c3)C(C(=O)OC)=CN=4)cc2OC)cc1. The summed E-state index contributed by atoms with van der Waals surface area (Å²) in [5, 5.41) is 0. The molecule has 1 aromatic heterocycles. The molecule has 1 aliphatic rings. The van der Waals surface area contributed by atoms with Crippen LogP contribution in [0.25, 0.3) is 6.08 Å². The van der Waals surface area contributed by atoms with Crippen molar-refractivity contribution in [2.24, 2.45) is 4.99 Å². The number of carbonyl (C=O) groups excluding carboxylic acids is 2. The molecule has 0 amide bonds. The molecule has 0 saturated heterocycles. The van der Waals surface area contributed by atoms with Crippen molar-refractivity contribution in [1.29, 1.82) is 0 Å². The van der Waals surface area contributed by atoms with Gasteiger partial charge in [0.15, 0.2) is 27.8 Å². The smallest absolute Gasteiger partial charge is 0.338 e. The summed E-state index contributed by atoms with van der Waals surface area (Å²) in [7, 11) is 2.82. The molecule has 13 heteroatoms. The van der Waals surface area contributed by atoms with E-state index in [1.165, 1.54) is 36.3 Å². The Morgan fingerprint density at radius 3 is 2.31 bits per heavy atom. The zero-order valence-electron chi connectivity index (χ0n) is 27.6. The van der Waals surface area contributed by atoms with E-state index in [4.69, 9.17) is 28.4 Å². The third-order valence-electron chi connectivity index (χ3n) is 7.41. The number of fused-ring (bicyclic) bond motifs is 1. The fraction of sp³-hybridized carbons (Fsp3) is 0.278. The minimum absolute atomic E-state index is 0.203. The first kappa shape index (κ1) is 35.4. The number of hydrogen-bond donors (Lipinski definition) is 0. The van der Waals surface area contributed by atoms with E-state index in [1.807, 2.05) is 19.9 Å². The summed E-state index contributed by atoms with van der Waals surface area (Å²) in [4.78, 5) is 43.8. The van der Waals surface area contributed by atoms with Crippen LogP contribution in [-0.4, -0.2) is 50.5 Å². The molecule has 0 N–H and O–H groups in total. The number of ether oxygens (including phenoxy) is 6. The van der Waals surface area contributed by atoms with Crippen molar-refractivity contribution < 1.29 is 38.0 Å². The number of esters is 2. The van der Waals surface area contributed by atoms with Crippen molar-refractivity contribution in [2.45, 2.75) is 33.4 Å². The number of halogens is 1. The summed E-state index contributed by atoms with van der Waals surface area (Å²) in [6.07, 6.45) is 3.18. The molecule has 0 radical (unpaired) electrons. The average Bonchev–Trinajstić information content (AvgIpc) is 3.42. The summed E-state index contributed by atoms with van der Waals surface area (Å²) >= 11 is 4.79. The average molecular weight is 752 g/mol. The van der Waals surface area contributed by atoms with E-state index in [0.717, 1.165) is 5.56 Å². The van der Waals surface area contributed by atoms with Gasteiger partial charge in [0.05, 0.1) is 60.2 Å². The highest BCUT2D eigenvalue weighted by atomic mass is 79.9. The number of aromatic nitrogens is 1. The molecule has 256 valence electrons. The van der Waals surface area contributed by atoms with E-state index in [9.17, 15) is 14.4 Å². The molecule has 2 heterocycles. The standard InChI is InChI=1S/C36H35BrN2O9S/c1-6-45-27-14-13-24(18-28(27)46-7-2)31-25(35(42)44-5)19-38-36-39(31)33(40)30(49-36)17-22-15-26(37)32(29(16-22)43-4)48-20-21-9-11-23(12-10-21)34(41)47-8-3/h9-19,31H,6-8,20H2,1-5H3/b30-17+/t31-/m1/s1. The van der Waals surface area contributed by atoms with Gasteiger partial charge in [0, 0.05) is 6.20 Å². The van der Waals surface area contributed by atoms with Crippen molar-refractivity contribution in [1.82, 2.24) is 4.57 Å². The van der Waals surface area contributed by atoms with Crippen LogP contribution in [0.3, 0.4) is 0 Å². The molecule has 49 heavy (non-hydrogen) atoms. The first-order valence-electron chi connectivity index (χ1n) is 15.5. The summed E-state index contributed by atoms with van der Waals surface area (Å²) in [5.41, 5.74) is 2.47. The second-order valence-electron chi connectivity index (χ2n) is 10.5. The largest absolute Gasteiger partial charge is 0.493 e. The molecule has 0 fully saturated rings. The fourth-order valence-electron chi connectivity index (χ4n) is 5.21. The molecule has 4 aromatic rings. The number of hydrogen-bond acceptors (Lipinski definition) is 11. The Morgan fingerprint density at radius 2 is 1.63 bits per heavy atom. The van der Waals surface area contributed by atoms with Gasteiger partial charge in [-0.2, -0.15) is 0 Å². The maximum absolute atomic E-state index is 14.1. The van der Waals surface area contributed by atoms with Crippen molar-refractivity contribution >= 4 is 45.3 Å². The predicted octanol–water partition coefficient (Wildman–Crippen LogP) is 5.34. The van der Waals surface area contributed by atoms with Gasteiger partial charge in [0.2, 0.25) is 0 Å². The van der Waals surface area contributed by atoms with E-state index >= 15 is 0 Å². The molecule has 11 nitrogen and oxygen atoms in total. The second-order valence-corrected chi connectivity index (χ2v) is 12.4. The van der Waals surface area contributed by atoms with Gasteiger partial charge in [0.25, 0.3) is 5.56 Å². The third kappa shape index (κ3) is 7.73. The molecule has 1 aliphatic heterocycles. The molecule has 0 bridgehead atoms. The number of carbonyl (C=O) groups is 2. The number of thiazole rings is 1.